The predicted octanol–water partition coefficient (Wildman–Crippen LogP) is 1.15. The number of nitrogens with zero attached hydrogens (tertiary/aromatic N) is 3. The van der Waals surface area contributed by atoms with Crippen LogP contribution in [0, 0.1) is 0 Å². The first-order valence-electron chi connectivity index (χ1n) is 7.24. The third kappa shape index (κ3) is 4.01. The van der Waals surface area contributed by atoms with Gasteiger partial charge in [0.15, 0.2) is 0 Å². The topological polar surface area (TPSA) is 88.5 Å². The van der Waals surface area contributed by atoms with Gasteiger partial charge in [-0.2, -0.15) is 17.8 Å². The van der Waals surface area contributed by atoms with Crippen molar-refractivity contribution in [2.45, 2.75) is 0 Å². The van der Waals surface area contributed by atoms with Gasteiger partial charge in [0, 0.05) is 32.0 Å². The molecule has 0 unspecified atom stereocenters. The first-order valence-corrected chi connectivity index (χ1v) is 8.68. The van der Waals surface area contributed by atoms with Gasteiger partial charge in [0.2, 0.25) is 0 Å². The Kier molecular flexibility index (Phi) is 4.51. The number of hydrogen-bond donors (Lipinski definition) is 2. The molecule has 3 rings (SSSR count). The van der Waals surface area contributed by atoms with Crippen molar-refractivity contribution in [2.75, 3.05) is 36.3 Å². The van der Waals surface area contributed by atoms with Crippen molar-refractivity contribution in [2.24, 2.45) is 7.05 Å². The molecule has 23 heavy (non-hydrogen) atoms. The van der Waals surface area contributed by atoms with E-state index in [1.165, 1.54) is 4.31 Å². The molecule has 1 aliphatic rings. The third-order valence-corrected chi connectivity index (χ3v) is 4.95. The summed E-state index contributed by atoms with van der Waals surface area (Å²) < 4.78 is 35.6. The summed E-state index contributed by atoms with van der Waals surface area (Å²) in [4.78, 5) is 0. The number of morpholine rings is 1. The van der Waals surface area contributed by atoms with Gasteiger partial charge in [0.1, 0.15) is 0 Å². The summed E-state index contributed by atoms with van der Waals surface area (Å²) in [6.45, 7) is 1.57. The number of nitrogens with one attached hydrogen (secondary N) is 2. The van der Waals surface area contributed by atoms with Crippen LogP contribution in [0.4, 0.5) is 17.1 Å². The summed E-state index contributed by atoms with van der Waals surface area (Å²) >= 11 is 0. The average Bonchev–Trinajstić information content (AvgIpc) is 2.93. The molecule has 0 spiro atoms. The van der Waals surface area contributed by atoms with Gasteiger partial charge in [-0.1, -0.05) is 6.07 Å². The van der Waals surface area contributed by atoms with E-state index in [2.05, 4.69) is 15.1 Å². The summed E-state index contributed by atoms with van der Waals surface area (Å²) in [7, 11) is -1.73. The predicted molar refractivity (Wildman–Crippen MR) is 87.9 cm³/mol. The van der Waals surface area contributed by atoms with E-state index in [4.69, 9.17) is 4.74 Å². The monoisotopic (exact) mass is 337 g/mol. The average molecular weight is 337 g/mol. The van der Waals surface area contributed by atoms with Crippen LogP contribution in [-0.2, 0) is 22.0 Å². The van der Waals surface area contributed by atoms with Gasteiger partial charge in [0.25, 0.3) is 0 Å². The summed E-state index contributed by atoms with van der Waals surface area (Å²) in [5, 5.41) is 7.26. The summed E-state index contributed by atoms with van der Waals surface area (Å²) in [5.74, 6) is 0. The Hall–Kier alpha value is -2.10. The van der Waals surface area contributed by atoms with Gasteiger partial charge in [-0.3, -0.25) is 9.40 Å². The van der Waals surface area contributed by atoms with Crippen LogP contribution >= 0.6 is 0 Å². The standard InChI is InChI=1S/C14H19N5O3S/c1-18-11-14(10-15-18)16-12-3-2-4-13(9-12)17-23(20,21)19-5-7-22-8-6-19/h2-4,9-11,16-17H,5-8H2,1H3. The lowest BCUT2D eigenvalue weighted by Crippen LogP contribution is -2.43. The Morgan fingerprint density at radius 3 is 2.61 bits per heavy atom. The molecular formula is C14H19N5O3S. The molecule has 1 aromatic carbocycles. The van der Waals surface area contributed by atoms with Crippen LogP contribution in [0.2, 0.25) is 0 Å². The second-order valence-corrected chi connectivity index (χ2v) is 6.90. The maximum atomic E-state index is 12.4. The van der Waals surface area contributed by atoms with Crippen LogP contribution in [0.25, 0.3) is 0 Å². The quantitative estimate of drug-likeness (QED) is 0.854. The van der Waals surface area contributed by atoms with Crippen molar-refractivity contribution >= 4 is 27.3 Å². The first-order chi connectivity index (χ1) is 11.0. The molecule has 124 valence electrons. The fourth-order valence-electron chi connectivity index (χ4n) is 2.31. The molecule has 0 amide bonds. The van der Waals surface area contributed by atoms with Gasteiger partial charge < -0.3 is 10.1 Å². The molecular weight excluding hydrogens is 318 g/mol. The van der Waals surface area contributed by atoms with E-state index in [-0.39, 0.29) is 0 Å². The van der Waals surface area contributed by atoms with Crippen molar-refractivity contribution in [3.8, 4) is 0 Å². The SMILES string of the molecule is Cn1cc(Nc2cccc(NS(=O)(=O)N3CCOCC3)c2)cn1. The highest BCUT2D eigenvalue weighted by molar-refractivity contribution is 7.90. The Morgan fingerprint density at radius 1 is 1.17 bits per heavy atom. The fraction of sp³-hybridized carbons (Fsp3) is 0.357. The minimum atomic E-state index is -3.56. The van der Waals surface area contributed by atoms with Crippen molar-refractivity contribution in [1.29, 1.82) is 0 Å². The van der Waals surface area contributed by atoms with Crippen molar-refractivity contribution < 1.29 is 13.2 Å². The number of rotatable bonds is 5. The van der Waals surface area contributed by atoms with E-state index in [9.17, 15) is 8.42 Å². The van der Waals surface area contributed by atoms with Crippen LogP contribution in [0.15, 0.2) is 36.7 Å². The number of anilines is 3. The Balaban J connectivity index is 1.71. The van der Waals surface area contributed by atoms with E-state index in [0.717, 1.165) is 11.4 Å². The van der Waals surface area contributed by atoms with E-state index in [1.54, 1.807) is 29.1 Å². The lowest BCUT2D eigenvalue weighted by molar-refractivity contribution is 0.0733. The lowest BCUT2D eigenvalue weighted by Gasteiger charge is -2.26. The zero-order valence-electron chi connectivity index (χ0n) is 12.8. The number of ether oxygens (including phenoxy) is 1. The molecule has 1 fully saturated rings. The second kappa shape index (κ2) is 6.57. The minimum Gasteiger partial charge on any atom is -0.379 e. The first kappa shape index (κ1) is 15.8. The Morgan fingerprint density at radius 2 is 1.91 bits per heavy atom. The van der Waals surface area contributed by atoms with Gasteiger partial charge in [-0.05, 0) is 18.2 Å². The van der Waals surface area contributed by atoms with Gasteiger partial charge in [0.05, 0.1) is 30.8 Å². The number of aromatic nitrogens is 2. The zero-order valence-corrected chi connectivity index (χ0v) is 13.6. The maximum Gasteiger partial charge on any atom is 0.301 e. The maximum absolute atomic E-state index is 12.4. The molecule has 1 aliphatic heterocycles. The molecule has 1 aromatic heterocycles. The summed E-state index contributed by atoms with van der Waals surface area (Å²) in [6, 6.07) is 7.10. The molecule has 2 aromatic rings. The van der Waals surface area contributed by atoms with E-state index >= 15 is 0 Å². The molecule has 9 heteroatoms. The molecule has 2 N–H and O–H groups in total. The molecule has 0 radical (unpaired) electrons. The summed E-state index contributed by atoms with van der Waals surface area (Å²) in [6.07, 6.45) is 3.54. The minimum absolute atomic E-state index is 0.364. The van der Waals surface area contributed by atoms with Gasteiger partial charge >= 0.3 is 10.2 Å². The Labute approximate surface area is 135 Å². The highest BCUT2D eigenvalue weighted by Gasteiger charge is 2.24. The molecule has 2 heterocycles. The molecule has 0 bridgehead atoms. The van der Waals surface area contributed by atoms with Crippen LogP contribution in [0.3, 0.4) is 0 Å². The fourth-order valence-corrected chi connectivity index (χ4v) is 3.50. The van der Waals surface area contributed by atoms with Gasteiger partial charge in [-0.15, -0.1) is 0 Å². The Bertz CT molecular complexity index is 768. The van der Waals surface area contributed by atoms with E-state index in [1.807, 2.05) is 19.3 Å². The number of benzene rings is 1. The van der Waals surface area contributed by atoms with E-state index < -0.39 is 10.2 Å². The second-order valence-electron chi connectivity index (χ2n) is 5.23. The molecule has 1 saturated heterocycles. The highest BCUT2D eigenvalue weighted by Crippen LogP contribution is 2.21. The number of hydrogen-bond acceptors (Lipinski definition) is 5. The molecule has 8 nitrogen and oxygen atoms in total. The van der Waals surface area contributed by atoms with Crippen LogP contribution in [0.1, 0.15) is 0 Å². The molecule has 0 aliphatic carbocycles. The summed E-state index contributed by atoms with van der Waals surface area (Å²) in [5.41, 5.74) is 2.12. The third-order valence-electron chi connectivity index (χ3n) is 3.41. The zero-order chi connectivity index (χ0) is 16.3. The number of aryl methyl sites for hydroxylation is 1. The van der Waals surface area contributed by atoms with Crippen LogP contribution in [-0.4, -0.2) is 48.8 Å². The van der Waals surface area contributed by atoms with Crippen molar-refractivity contribution in [3.63, 3.8) is 0 Å². The smallest absolute Gasteiger partial charge is 0.301 e. The highest BCUT2D eigenvalue weighted by atomic mass is 32.2. The van der Waals surface area contributed by atoms with Gasteiger partial charge in [-0.25, -0.2) is 0 Å². The molecule has 0 atom stereocenters. The lowest BCUT2D eigenvalue weighted by atomic mass is 10.3. The molecule has 0 saturated carbocycles. The van der Waals surface area contributed by atoms with Crippen LogP contribution in [0.5, 0.6) is 0 Å². The van der Waals surface area contributed by atoms with E-state index in [0.29, 0.717) is 32.0 Å². The normalized spacial score (nSPS) is 16.2. The van der Waals surface area contributed by atoms with Crippen molar-refractivity contribution in [1.82, 2.24) is 14.1 Å². The largest absolute Gasteiger partial charge is 0.379 e. The van der Waals surface area contributed by atoms with Crippen molar-refractivity contribution in [3.05, 3.63) is 36.7 Å². The van der Waals surface area contributed by atoms with Crippen LogP contribution < -0.4 is 10.0 Å².